The van der Waals surface area contributed by atoms with E-state index in [2.05, 4.69) is 9.97 Å². The Hall–Kier alpha value is -1.13. The van der Waals surface area contributed by atoms with Crippen LogP contribution in [-0.2, 0) is 6.42 Å². The minimum atomic E-state index is 0.667. The molecule has 0 saturated carbocycles. The van der Waals surface area contributed by atoms with Crippen LogP contribution in [0.1, 0.15) is 5.01 Å². The molecular weight excluding hydrogens is 182 g/mol. The van der Waals surface area contributed by atoms with Gasteiger partial charge in [0.2, 0.25) is 0 Å². The number of thiazole rings is 1. The van der Waals surface area contributed by atoms with Crippen molar-refractivity contribution in [2.75, 3.05) is 6.54 Å². The van der Waals surface area contributed by atoms with E-state index >= 15 is 0 Å². The zero-order chi connectivity index (χ0) is 9.10. The molecule has 13 heavy (non-hydrogen) atoms. The van der Waals surface area contributed by atoms with Gasteiger partial charge >= 0.3 is 0 Å². The lowest BCUT2D eigenvalue weighted by Crippen LogP contribution is -2.01. The van der Waals surface area contributed by atoms with Crippen molar-refractivity contribution in [2.24, 2.45) is 5.73 Å². The third-order valence-corrected chi connectivity index (χ3v) is 2.90. The van der Waals surface area contributed by atoms with Crippen LogP contribution in [0.5, 0.6) is 0 Å². The molecule has 0 atom stereocenters. The zero-order valence-electron chi connectivity index (χ0n) is 7.16. The SMILES string of the molecule is NCCc1ncc(-c2cc[nH]c2)s1. The van der Waals surface area contributed by atoms with E-state index in [0.717, 1.165) is 11.4 Å². The molecule has 0 spiro atoms. The summed E-state index contributed by atoms with van der Waals surface area (Å²) in [7, 11) is 0. The van der Waals surface area contributed by atoms with Gasteiger partial charge in [0.15, 0.2) is 0 Å². The van der Waals surface area contributed by atoms with Crippen LogP contribution in [0, 0.1) is 0 Å². The zero-order valence-corrected chi connectivity index (χ0v) is 7.97. The van der Waals surface area contributed by atoms with Gasteiger partial charge in [-0.05, 0) is 12.6 Å². The average Bonchev–Trinajstić information content (AvgIpc) is 2.70. The van der Waals surface area contributed by atoms with E-state index in [9.17, 15) is 0 Å². The quantitative estimate of drug-likeness (QED) is 0.778. The van der Waals surface area contributed by atoms with E-state index in [1.807, 2.05) is 24.7 Å². The highest BCUT2D eigenvalue weighted by Crippen LogP contribution is 2.25. The topological polar surface area (TPSA) is 54.7 Å². The van der Waals surface area contributed by atoms with Gasteiger partial charge in [0, 0.05) is 30.6 Å². The summed E-state index contributed by atoms with van der Waals surface area (Å²) < 4.78 is 0. The lowest BCUT2D eigenvalue weighted by Gasteiger charge is -1.88. The second-order valence-electron chi connectivity index (χ2n) is 2.76. The maximum atomic E-state index is 5.45. The van der Waals surface area contributed by atoms with Crippen molar-refractivity contribution in [3.05, 3.63) is 29.7 Å². The Morgan fingerprint density at radius 3 is 3.15 bits per heavy atom. The van der Waals surface area contributed by atoms with E-state index in [0.29, 0.717) is 6.54 Å². The minimum absolute atomic E-state index is 0.667. The second kappa shape index (κ2) is 3.72. The van der Waals surface area contributed by atoms with Crippen molar-refractivity contribution >= 4 is 11.3 Å². The summed E-state index contributed by atoms with van der Waals surface area (Å²) in [5.41, 5.74) is 6.64. The van der Waals surface area contributed by atoms with Gasteiger partial charge in [-0.3, -0.25) is 0 Å². The van der Waals surface area contributed by atoms with E-state index in [-0.39, 0.29) is 0 Å². The molecule has 4 heteroatoms. The number of rotatable bonds is 3. The molecule has 0 unspecified atom stereocenters. The summed E-state index contributed by atoms with van der Waals surface area (Å²) in [5.74, 6) is 0. The highest BCUT2D eigenvalue weighted by Gasteiger charge is 2.03. The maximum Gasteiger partial charge on any atom is 0.0943 e. The molecule has 0 amide bonds. The number of H-pyrrole nitrogens is 1. The third-order valence-electron chi connectivity index (χ3n) is 1.79. The summed E-state index contributed by atoms with van der Waals surface area (Å²) in [6.07, 6.45) is 6.66. The molecule has 3 nitrogen and oxygen atoms in total. The standard InChI is InChI=1S/C9H11N3S/c10-3-1-9-12-6-8(13-9)7-2-4-11-5-7/h2,4-6,11H,1,3,10H2. The third kappa shape index (κ3) is 1.79. The molecule has 0 aliphatic rings. The Labute approximate surface area is 80.6 Å². The molecule has 3 N–H and O–H groups in total. The first-order valence-electron chi connectivity index (χ1n) is 4.18. The Bertz CT molecular complexity index is 364. The van der Waals surface area contributed by atoms with Gasteiger partial charge in [0.25, 0.3) is 0 Å². The van der Waals surface area contributed by atoms with Crippen molar-refractivity contribution in [3.63, 3.8) is 0 Å². The predicted molar refractivity (Wildman–Crippen MR) is 54.7 cm³/mol. The van der Waals surface area contributed by atoms with Gasteiger partial charge in [0.05, 0.1) is 9.88 Å². The molecular formula is C9H11N3S. The number of nitrogens with two attached hydrogens (primary N) is 1. The van der Waals surface area contributed by atoms with Crippen LogP contribution in [-0.4, -0.2) is 16.5 Å². The van der Waals surface area contributed by atoms with Crippen LogP contribution in [0.15, 0.2) is 24.7 Å². The predicted octanol–water partition coefficient (Wildman–Crippen LogP) is 1.64. The van der Waals surface area contributed by atoms with Crippen LogP contribution in [0.25, 0.3) is 10.4 Å². The molecule has 2 aromatic heterocycles. The Balaban J connectivity index is 2.23. The number of nitrogens with one attached hydrogen (secondary N) is 1. The van der Waals surface area contributed by atoms with Gasteiger partial charge in [-0.2, -0.15) is 0 Å². The fourth-order valence-electron chi connectivity index (χ4n) is 1.16. The first-order valence-corrected chi connectivity index (χ1v) is 5.00. The van der Waals surface area contributed by atoms with E-state index in [1.165, 1.54) is 10.4 Å². The number of aromatic amines is 1. The molecule has 0 fully saturated rings. The Morgan fingerprint density at radius 2 is 2.46 bits per heavy atom. The molecule has 0 radical (unpaired) electrons. The second-order valence-corrected chi connectivity index (χ2v) is 3.87. The first kappa shape index (κ1) is 8.47. The van der Waals surface area contributed by atoms with Crippen LogP contribution >= 0.6 is 11.3 Å². The Kier molecular flexibility index (Phi) is 2.42. The molecule has 2 rings (SSSR count). The number of hydrogen-bond acceptors (Lipinski definition) is 3. The van der Waals surface area contributed by atoms with Crippen molar-refractivity contribution in [1.82, 2.24) is 9.97 Å². The minimum Gasteiger partial charge on any atom is -0.367 e. The summed E-state index contributed by atoms with van der Waals surface area (Å²) in [5, 5.41) is 1.11. The smallest absolute Gasteiger partial charge is 0.0943 e. The summed E-state index contributed by atoms with van der Waals surface area (Å²) >= 11 is 1.70. The van der Waals surface area contributed by atoms with E-state index < -0.39 is 0 Å². The van der Waals surface area contributed by atoms with E-state index in [4.69, 9.17) is 5.73 Å². The van der Waals surface area contributed by atoms with Crippen molar-refractivity contribution in [2.45, 2.75) is 6.42 Å². The number of hydrogen-bond donors (Lipinski definition) is 2. The molecule has 2 heterocycles. The maximum absolute atomic E-state index is 5.45. The monoisotopic (exact) mass is 193 g/mol. The molecule has 68 valence electrons. The average molecular weight is 193 g/mol. The molecule has 0 saturated heterocycles. The van der Waals surface area contributed by atoms with Crippen molar-refractivity contribution in [3.8, 4) is 10.4 Å². The summed E-state index contributed by atoms with van der Waals surface area (Å²) in [4.78, 5) is 8.51. The molecule has 0 aliphatic carbocycles. The van der Waals surface area contributed by atoms with Crippen LogP contribution < -0.4 is 5.73 Å². The van der Waals surface area contributed by atoms with Gasteiger partial charge < -0.3 is 10.7 Å². The van der Waals surface area contributed by atoms with Gasteiger partial charge in [0.1, 0.15) is 0 Å². The van der Waals surface area contributed by atoms with Gasteiger partial charge in [-0.15, -0.1) is 11.3 Å². The molecule has 2 aromatic rings. The summed E-state index contributed by atoms with van der Waals surface area (Å²) in [6.45, 7) is 0.667. The van der Waals surface area contributed by atoms with E-state index in [1.54, 1.807) is 11.3 Å². The fourth-order valence-corrected chi connectivity index (χ4v) is 2.09. The normalized spacial score (nSPS) is 10.5. The van der Waals surface area contributed by atoms with Crippen molar-refractivity contribution in [1.29, 1.82) is 0 Å². The lowest BCUT2D eigenvalue weighted by atomic mass is 10.3. The highest BCUT2D eigenvalue weighted by atomic mass is 32.1. The van der Waals surface area contributed by atoms with Crippen LogP contribution in [0.3, 0.4) is 0 Å². The van der Waals surface area contributed by atoms with Gasteiger partial charge in [-0.25, -0.2) is 4.98 Å². The highest BCUT2D eigenvalue weighted by molar-refractivity contribution is 7.15. The largest absolute Gasteiger partial charge is 0.367 e. The number of aromatic nitrogens is 2. The molecule has 0 aliphatic heterocycles. The fraction of sp³-hybridized carbons (Fsp3) is 0.222. The summed E-state index contributed by atoms with van der Waals surface area (Å²) in [6, 6.07) is 2.04. The first-order chi connectivity index (χ1) is 6.40. The van der Waals surface area contributed by atoms with Gasteiger partial charge in [-0.1, -0.05) is 0 Å². The van der Waals surface area contributed by atoms with Crippen LogP contribution in [0.2, 0.25) is 0 Å². The molecule has 0 bridgehead atoms. The Morgan fingerprint density at radius 1 is 1.54 bits per heavy atom. The van der Waals surface area contributed by atoms with Crippen LogP contribution in [0.4, 0.5) is 0 Å². The molecule has 0 aromatic carbocycles. The number of nitrogens with zero attached hydrogens (tertiary/aromatic N) is 1. The lowest BCUT2D eigenvalue weighted by molar-refractivity contribution is 0.953. The van der Waals surface area contributed by atoms with Crippen molar-refractivity contribution < 1.29 is 0 Å².